The number of benzene rings is 1. The molecule has 0 saturated carbocycles. The molecular formula is C12H14ClFN2O3S. The van der Waals surface area contributed by atoms with Crippen LogP contribution in [0, 0.1) is 5.82 Å². The van der Waals surface area contributed by atoms with Crippen LogP contribution in [0.2, 0.25) is 5.02 Å². The summed E-state index contributed by atoms with van der Waals surface area (Å²) >= 11 is 4.34. The van der Waals surface area contributed by atoms with Crippen LogP contribution in [0.5, 0.6) is 0 Å². The van der Waals surface area contributed by atoms with Gasteiger partial charge in [-0.1, -0.05) is 16.0 Å². The van der Waals surface area contributed by atoms with E-state index in [-0.39, 0.29) is 16.3 Å². The molecule has 0 saturated heterocycles. The number of nitrogens with one attached hydrogen (secondary N) is 1. The van der Waals surface area contributed by atoms with Crippen LogP contribution in [-0.2, 0) is 11.4 Å². The van der Waals surface area contributed by atoms with Crippen molar-refractivity contribution >= 4 is 41.0 Å². The van der Waals surface area contributed by atoms with E-state index in [2.05, 4.69) is 4.40 Å². The molecule has 1 atom stereocenters. The Morgan fingerprint density at radius 1 is 1.55 bits per heavy atom. The Hall–Kier alpha value is -1.31. The van der Waals surface area contributed by atoms with Gasteiger partial charge in [0.1, 0.15) is 21.9 Å². The molecule has 5 nitrogen and oxygen atoms in total. The molecule has 0 aromatic heterocycles. The highest BCUT2D eigenvalue weighted by atomic mass is 35.5. The topological polar surface area (TPSA) is 84.8 Å². The van der Waals surface area contributed by atoms with Crippen molar-refractivity contribution in [1.29, 1.82) is 0 Å². The van der Waals surface area contributed by atoms with E-state index < -0.39 is 28.0 Å². The van der Waals surface area contributed by atoms with E-state index in [9.17, 15) is 13.7 Å². The number of anilines is 1. The number of nitrogens with zero attached hydrogens (tertiary/aromatic N) is 1. The second-order valence-electron chi connectivity index (χ2n) is 4.88. The van der Waals surface area contributed by atoms with Crippen LogP contribution in [0.3, 0.4) is 0 Å². The van der Waals surface area contributed by atoms with Gasteiger partial charge in [-0.05, 0) is 32.9 Å². The molecule has 0 radical (unpaired) electrons. The molecule has 1 aromatic carbocycles. The second-order valence-corrected chi connectivity index (χ2v) is 7.22. The van der Waals surface area contributed by atoms with E-state index in [0.717, 1.165) is 6.07 Å². The van der Waals surface area contributed by atoms with E-state index in [0.29, 0.717) is 0 Å². The van der Waals surface area contributed by atoms with Crippen molar-refractivity contribution in [3.05, 3.63) is 28.5 Å². The lowest BCUT2D eigenvalue weighted by Crippen LogP contribution is -2.25. The maximum Gasteiger partial charge on any atom is 0.409 e. The van der Waals surface area contributed by atoms with Crippen LogP contribution < -0.4 is 5.32 Å². The smallest absolute Gasteiger partial charge is 0.409 e. The molecule has 20 heavy (non-hydrogen) atoms. The minimum Gasteiger partial charge on any atom is -0.591 e. The minimum absolute atomic E-state index is 0.0492. The SMILES string of the molecule is CC(C)(C)[S+]([O-])N=Cc1cc(NC(=O)O)c(F)cc1Cl. The highest BCUT2D eigenvalue weighted by molar-refractivity contribution is 7.91. The fourth-order valence-corrected chi connectivity index (χ4v) is 1.86. The van der Waals surface area contributed by atoms with Crippen LogP contribution in [0.4, 0.5) is 14.9 Å². The molecule has 0 bridgehead atoms. The molecule has 0 aliphatic heterocycles. The fourth-order valence-electron chi connectivity index (χ4n) is 1.14. The summed E-state index contributed by atoms with van der Waals surface area (Å²) in [6.07, 6.45) is -0.164. The lowest BCUT2D eigenvalue weighted by molar-refractivity contribution is 0.209. The van der Waals surface area contributed by atoms with Crippen LogP contribution in [0.1, 0.15) is 26.3 Å². The Labute approximate surface area is 124 Å². The molecule has 1 aromatic rings. The Balaban J connectivity index is 3.06. The third kappa shape index (κ3) is 4.66. The van der Waals surface area contributed by atoms with E-state index in [1.807, 2.05) is 5.32 Å². The van der Waals surface area contributed by atoms with Gasteiger partial charge in [0.05, 0.1) is 16.9 Å². The van der Waals surface area contributed by atoms with Crippen molar-refractivity contribution in [2.45, 2.75) is 25.5 Å². The summed E-state index contributed by atoms with van der Waals surface area (Å²) in [4.78, 5) is 10.5. The fraction of sp³-hybridized carbons (Fsp3) is 0.333. The molecule has 1 unspecified atom stereocenters. The Morgan fingerprint density at radius 2 is 2.15 bits per heavy atom. The maximum atomic E-state index is 13.5. The van der Waals surface area contributed by atoms with Crippen molar-refractivity contribution in [1.82, 2.24) is 0 Å². The predicted octanol–water partition coefficient (Wildman–Crippen LogP) is 3.45. The third-order valence-electron chi connectivity index (χ3n) is 2.14. The van der Waals surface area contributed by atoms with Gasteiger partial charge in [0.15, 0.2) is 0 Å². The molecule has 0 aliphatic rings. The summed E-state index contributed by atoms with van der Waals surface area (Å²) in [6, 6.07) is 2.16. The largest absolute Gasteiger partial charge is 0.591 e. The molecule has 0 spiro atoms. The summed E-state index contributed by atoms with van der Waals surface area (Å²) in [5.41, 5.74) is 0.0271. The molecular weight excluding hydrogens is 307 g/mol. The summed E-state index contributed by atoms with van der Waals surface area (Å²) in [5, 5.41) is 10.5. The van der Waals surface area contributed by atoms with Gasteiger partial charge in [-0.15, -0.1) is 0 Å². The van der Waals surface area contributed by atoms with Crippen LogP contribution in [0.25, 0.3) is 0 Å². The monoisotopic (exact) mass is 320 g/mol. The van der Waals surface area contributed by atoms with Gasteiger partial charge in [-0.25, -0.2) is 9.18 Å². The van der Waals surface area contributed by atoms with E-state index in [4.69, 9.17) is 16.7 Å². The maximum absolute atomic E-state index is 13.5. The van der Waals surface area contributed by atoms with Crippen molar-refractivity contribution in [2.24, 2.45) is 4.40 Å². The van der Waals surface area contributed by atoms with Gasteiger partial charge in [0, 0.05) is 5.56 Å². The lowest BCUT2D eigenvalue weighted by atomic mass is 10.2. The summed E-state index contributed by atoms with van der Waals surface area (Å²) in [6.45, 7) is 5.26. The number of carboxylic acid groups (broad SMARTS) is 1. The first-order valence-electron chi connectivity index (χ1n) is 5.56. The first-order valence-corrected chi connectivity index (χ1v) is 7.05. The van der Waals surface area contributed by atoms with Gasteiger partial charge in [0.25, 0.3) is 0 Å². The molecule has 1 amide bonds. The summed E-state index contributed by atoms with van der Waals surface area (Å²) in [5.74, 6) is -0.800. The van der Waals surface area contributed by atoms with Gasteiger partial charge in [-0.3, -0.25) is 5.32 Å². The standard InChI is InChI=1S/C12H14ClFN2O3S/c1-12(2,3)20(19)15-6-7-4-10(16-11(17)18)9(14)5-8(7)13/h4-6,16H,1-3H3,(H,17,18). The molecule has 0 fully saturated rings. The Kier molecular flexibility index (Phi) is 5.38. The lowest BCUT2D eigenvalue weighted by Gasteiger charge is -2.17. The van der Waals surface area contributed by atoms with E-state index in [1.54, 1.807) is 20.8 Å². The number of halogens is 2. The Morgan fingerprint density at radius 3 is 2.65 bits per heavy atom. The first-order chi connectivity index (χ1) is 9.11. The molecule has 0 aliphatic carbocycles. The summed E-state index contributed by atoms with van der Waals surface area (Å²) < 4.78 is 28.5. The highest BCUT2D eigenvalue weighted by Gasteiger charge is 2.26. The van der Waals surface area contributed by atoms with Crippen molar-refractivity contribution in [3.63, 3.8) is 0 Å². The quantitative estimate of drug-likeness (QED) is 0.660. The van der Waals surface area contributed by atoms with Gasteiger partial charge in [0.2, 0.25) is 0 Å². The Bertz CT molecular complexity index is 546. The molecule has 0 heterocycles. The van der Waals surface area contributed by atoms with Crippen LogP contribution in [-0.4, -0.2) is 26.7 Å². The summed E-state index contributed by atoms with van der Waals surface area (Å²) in [7, 11) is 0. The van der Waals surface area contributed by atoms with Crippen LogP contribution >= 0.6 is 11.6 Å². The predicted molar refractivity (Wildman–Crippen MR) is 78.5 cm³/mol. The average Bonchev–Trinajstić information content (AvgIpc) is 2.28. The zero-order valence-corrected chi connectivity index (χ0v) is 12.7. The molecule has 1 rings (SSSR count). The average molecular weight is 321 g/mol. The number of hydrogen-bond acceptors (Lipinski definition) is 3. The van der Waals surface area contributed by atoms with Crippen molar-refractivity contribution in [3.8, 4) is 0 Å². The minimum atomic E-state index is -1.49. The normalized spacial score (nSPS) is 13.5. The molecule has 2 N–H and O–H groups in total. The van der Waals surface area contributed by atoms with Gasteiger partial charge in [-0.2, -0.15) is 0 Å². The number of carbonyl (C=O) groups is 1. The number of amides is 1. The third-order valence-corrected chi connectivity index (χ3v) is 3.81. The zero-order chi connectivity index (χ0) is 15.5. The second kappa shape index (κ2) is 6.43. The van der Waals surface area contributed by atoms with Crippen LogP contribution in [0.15, 0.2) is 16.5 Å². The van der Waals surface area contributed by atoms with E-state index in [1.165, 1.54) is 12.3 Å². The van der Waals surface area contributed by atoms with Crippen molar-refractivity contribution < 1.29 is 18.8 Å². The van der Waals surface area contributed by atoms with Crippen molar-refractivity contribution in [2.75, 3.05) is 5.32 Å². The molecule has 110 valence electrons. The molecule has 8 heteroatoms. The zero-order valence-electron chi connectivity index (χ0n) is 11.1. The first kappa shape index (κ1) is 16.7. The highest BCUT2D eigenvalue weighted by Crippen LogP contribution is 2.24. The van der Waals surface area contributed by atoms with E-state index >= 15 is 0 Å². The van der Waals surface area contributed by atoms with Gasteiger partial charge >= 0.3 is 6.09 Å². The number of rotatable bonds is 3. The number of hydrogen-bond donors (Lipinski definition) is 2. The van der Waals surface area contributed by atoms with Gasteiger partial charge < -0.3 is 9.66 Å².